The standard InChI is InChI=1S/C10H20N4/c1-7(2)4-9(6-11)5-10-12-8(3)13-14-10/h7,9H,4-6,11H2,1-3H3,(H,12,13,14)/t9-/m0/s1. The van der Waals surface area contributed by atoms with E-state index in [2.05, 4.69) is 29.0 Å². The first-order valence-corrected chi connectivity index (χ1v) is 5.19. The lowest BCUT2D eigenvalue weighted by Gasteiger charge is -2.14. The van der Waals surface area contributed by atoms with Gasteiger partial charge in [0.2, 0.25) is 0 Å². The number of aromatic amines is 1. The lowest BCUT2D eigenvalue weighted by Crippen LogP contribution is -2.19. The smallest absolute Gasteiger partial charge is 0.151 e. The minimum Gasteiger partial charge on any atom is -0.330 e. The normalized spacial score (nSPS) is 13.5. The molecule has 1 aromatic heterocycles. The van der Waals surface area contributed by atoms with Crippen LogP contribution in [-0.2, 0) is 6.42 Å². The van der Waals surface area contributed by atoms with Gasteiger partial charge in [0, 0.05) is 6.42 Å². The lowest BCUT2D eigenvalue weighted by molar-refractivity contribution is 0.409. The molecule has 0 saturated carbocycles. The molecule has 1 aromatic rings. The maximum atomic E-state index is 5.71. The van der Waals surface area contributed by atoms with Crippen LogP contribution in [0.1, 0.15) is 31.9 Å². The van der Waals surface area contributed by atoms with E-state index in [1.165, 1.54) is 0 Å². The third kappa shape index (κ3) is 3.46. The Morgan fingerprint density at radius 3 is 2.57 bits per heavy atom. The Kier molecular flexibility index (Phi) is 4.07. The molecule has 0 fully saturated rings. The van der Waals surface area contributed by atoms with Crippen LogP contribution in [0.2, 0.25) is 0 Å². The van der Waals surface area contributed by atoms with Gasteiger partial charge in [-0.2, -0.15) is 5.10 Å². The molecule has 0 aliphatic heterocycles. The van der Waals surface area contributed by atoms with Crippen molar-refractivity contribution in [2.45, 2.75) is 33.6 Å². The molecule has 80 valence electrons. The Labute approximate surface area is 85.3 Å². The summed E-state index contributed by atoms with van der Waals surface area (Å²) in [5.41, 5.74) is 5.71. The highest BCUT2D eigenvalue weighted by Gasteiger charge is 2.12. The summed E-state index contributed by atoms with van der Waals surface area (Å²) in [6.07, 6.45) is 2.03. The molecular formula is C10H20N4. The van der Waals surface area contributed by atoms with E-state index in [1.54, 1.807) is 0 Å². The van der Waals surface area contributed by atoms with E-state index in [0.29, 0.717) is 18.4 Å². The van der Waals surface area contributed by atoms with Crippen molar-refractivity contribution in [2.24, 2.45) is 17.6 Å². The highest BCUT2D eigenvalue weighted by atomic mass is 15.2. The van der Waals surface area contributed by atoms with Crippen LogP contribution in [0.25, 0.3) is 0 Å². The monoisotopic (exact) mass is 196 g/mol. The second-order valence-corrected chi connectivity index (χ2v) is 4.27. The number of nitrogens with zero attached hydrogens (tertiary/aromatic N) is 2. The molecule has 0 bridgehead atoms. The van der Waals surface area contributed by atoms with Crippen molar-refractivity contribution in [3.8, 4) is 0 Å². The van der Waals surface area contributed by atoms with Crippen molar-refractivity contribution in [3.63, 3.8) is 0 Å². The maximum absolute atomic E-state index is 5.71. The zero-order valence-electron chi connectivity index (χ0n) is 9.25. The number of nitrogens with two attached hydrogens (primary N) is 1. The average molecular weight is 196 g/mol. The zero-order chi connectivity index (χ0) is 10.6. The van der Waals surface area contributed by atoms with Crippen molar-refractivity contribution in [3.05, 3.63) is 11.6 Å². The van der Waals surface area contributed by atoms with Crippen LogP contribution in [0.3, 0.4) is 0 Å². The number of H-pyrrole nitrogens is 1. The fourth-order valence-corrected chi connectivity index (χ4v) is 1.67. The first-order chi connectivity index (χ1) is 6.61. The van der Waals surface area contributed by atoms with E-state index in [0.717, 1.165) is 24.5 Å². The van der Waals surface area contributed by atoms with Gasteiger partial charge in [0.25, 0.3) is 0 Å². The Morgan fingerprint density at radius 2 is 2.14 bits per heavy atom. The van der Waals surface area contributed by atoms with Crippen molar-refractivity contribution in [1.82, 2.24) is 15.2 Å². The van der Waals surface area contributed by atoms with Gasteiger partial charge in [-0.15, -0.1) is 0 Å². The average Bonchev–Trinajstić information content (AvgIpc) is 2.49. The van der Waals surface area contributed by atoms with E-state index >= 15 is 0 Å². The summed E-state index contributed by atoms with van der Waals surface area (Å²) in [5, 5.41) is 6.97. The van der Waals surface area contributed by atoms with Gasteiger partial charge in [0.1, 0.15) is 5.82 Å². The van der Waals surface area contributed by atoms with Crippen molar-refractivity contribution < 1.29 is 0 Å². The quantitative estimate of drug-likeness (QED) is 0.745. The minimum atomic E-state index is 0.505. The van der Waals surface area contributed by atoms with Crippen molar-refractivity contribution in [1.29, 1.82) is 0 Å². The summed E-state index contributed by atoms with van der Waals surface area (Å²) in [7, 11) is 0. The largest absolute Gasteiger partial charge is 0.330 e. The molecule has 0 saturated heterocycles. The van der Waals surface area contributed by atoms with Gasteiger partial charge >= 0.3 is 0 Å². The lowest BCUT2D eigenvalue weighted by atomic mass is 9.94. The van der Waals surface area contributed by atoms with Gasteiger partial charge in [0.15, 0.2) is 5.82 Å². The van der Waals surface area contributed by atoms with Gasteiger partial charge < -0.3 is 5.73 Å². The molecule has 14 heavy (non-hydrogen) atoms. The molecular weight excluding hydrogens is 176 g/mol. The number of nitrogens with one attached hydrogen (secondary N) is 1. The third-order valence-corrected chi connectivity index (χ3v) is 2.25. The van der Waals surface area contributed by atoms with Crippen LogP contribution in [0.5, 0.6) is 0 Å². The predicted molar refractivity (Wildman–Crippen MR) is 56.8 cm³/mol. The number of aromatic nitrogens is 3. The molecule has 4 nitrogen and oxygen atoms in total. The van der Waals surface area contributed by atoms with Crippen molar-refractivity contribution >= 4 is 0 Å². The molecule has 3 N–H and O–H groups in total. The summed E-state index contributed by atoms with van der Waals surface area (Å²) >= 11 is 0. The molecule has 0 unspecified atom stereocenters. The van der Waals surface area contributed by atoms with E-state index in [1.807, 2.05) is 6.92 Å². The molecule has 0 amide bonds. The Morgan fingerprint density at radius 1 is 1.43 bits per heavy atom. The Bertz CT molecular complexity index is 267. The summed E-state index contributed by atoms with van der Waals surface area (Å²) < 4.78 is 0. The molecule has 1 heterocycles. The van der Waals surface area contributed by atoms with Crippen LogP contribution < -0.4 is 5.73 Å². The molecule has 1 rings (SSSR count). The summed E-state index contributed by atoms with van der Waals surface area (Å²) in [5.74, 6) is 2.95. The highest BCUT2D eigenvalue weighted by molar-refractivity contribution is 4.89. The molecule has 0 aliphatic rings. The van der Waals surface area contributed by atoms with Gasteiger partial charge in [-0.25, -0.2) is 4.98 Å². The fraction of sp³-hybridized carbons (Fsp3) is 0.800. The van der Waals surface area contributed by atoms with E-state index in [4.69, 9.17) is 5.73 Å². The number of rotatable bonds is 5. The number of aryl methyl sites for hydroxylation is 1. The topological polar surface area (TPSA) is 67.6 Å². The van der Waals surface area contributed by atoms with Crippen LogP contribution in [-0.4, -0.2) is 21.7 Å². The predicted octanol–water partition coefficient (Wildman–Crippen LogP) is 1.28. The van der Waals surface area contributed by atoms with Gasteiger partial charge in [-0.1, -0.05) is 13.8 Å². The molecule has 0 radical (unpaired) electrons. The number of hydrogen-bond acceptors (Lipinski definition) is 3. The molecule has 0 aromatic carbocycles. The first-order valence-electron chi connectivity index (χ1n) is 5.19. The van der Waals surface area contributed by atoms with Crippen LogP contribution >= 0.6 is 0 Å². The van der Waals surface area contributed by atoms with Crippen LogP contribution in [0, 0.1) is 18.8 Å². The SMILES string of the molecule is Cc1nc(C[C@@H](CN)CC(C)C)n[nH]1. The van der Waals surface area contributed by atoms with Gasteiger partial charge in [-0.05, 0) is 31.7 Å². The highest BCUT2D eigenvalue weighted by Crippen LogP contribution is 2.14. The Balaban J connectivity index is 2.48. The van der Waals surface area contributed by atoms with E-state index in [9.17, 15) is 0 Å². The Hall–Kier alpha value is -0.900. The van der Waals surface area contributed by atoms with Crippen LogP contribution in [0.4, 0.5) is 0 Å². The van der Waals surface area contributed by atoms with Gasteiger partial charge in [-0.3, -0.25) is 5.10 Å². The van der Waals surface area contributed by atoms with Crippen molar-refractivity contribution in [2.75, 3.05) is 6.54 Å². The fourth-order valence-electron chi connectivity index (χ4n) is 1.67. The van der Waals surface area contributed by atoms with Gasteiger partial charge in [0.05, 0.1) is 0 Å². The van der Waals surface area contributed by atoms with E-state index in [-0.39, 0.29) is 0 Å². The zero-order valence-corrected chi connectivity index (χ0v) is 9.25. The first kappa shape index (κ1) is 11.2. The summed E-state index contributed by atoms with van der Waals surface area (Å²) in [6.45, 7) is 7.06. The third-order valence-electron chi connectivity index (χ3n) is 2.25. The van der Waals surface area contributed by atoms with E-state index < -0.39 is 0 Å². The molecule has 1 atom stereocenters. The summed E-state index contributed by atoms with van der Waals surface area (Å²) in [4.78, 5) is 4.28. The second kappa shape index (κ2) is 5.10. The second-order valence-electron chi connectivity index (χ2n) is 4.27. The number of hydrogen-bond donors (Lipinski definition) is 2. The molecule has 4 heteroatoms. The minimum absolute atomic E-state index is 0.505. The summed E-state index contributed by atoms with van der Waals surface area (Å²) in [6, 6.07) is 0. The molecule has 0 spiro atoms. The van der Waals surface area contributed by atoms with Crippen LogP contribution in [0.15, 0.2) is 0 Å². The maximum Gasteiger partial charge on any atom is 0.151 e. The molecule has 0 aliphatic carbocycles.